The van der Waals surface area contributed by atoms with Crippen LogP contribution in [0.5, 0.6) is 0 Å². The third-order valence-electron chi connectivity index (χ3n) is 3.02. The minimum atomic E-state index is 0.0287. The molecule has 2 nitrogen and oxygen atoms in total. The van der Waals surface area contributed by atoms with E-state index in [-0.39, 0.29) is 12.6 Å². The molecule has 0 amide bonds. The zero-order valence-electron chi connectivity index (χ0n) is 10.2. The number of nitrogens with one attached hydrogen (secondary N) is 1. The fourth-order valence-corrected chi connectivity index (χ4v) is 2.15. The molecule has 2 N–H and O–H groups in total. The molecule has 0 radical (unpaired) electrons. The van der Waals surface area contributed by atoms with Crippen LogP contribution in [0.1, 0.15) is 24.9 Å². The Morgan fingerprint density at radius 3 is 2.65 bits per heavy atom. The van der Waals surface area contributed by atoms with Gasteiger partial charge in [-0.2, -0.15) is 0 Å². The van der Waals surface area contributed by atoms with Crippen molar-refractivity contribution in [1.29, 1.82) is 0 Å². The molecule has 0 spiro atoms. The smallest absolute Gasteiger partial charge is 0.0626 e. The van der Waals surface area contributed by atoms with E-state index in [1.54, 1.807) is 0 Å². The lowest BCUT2D eigenvalue weighted by atomic mass is 9.99. The van der Waals surface area contributed by atoms with E-state index >= 15 is 0 Å². The first kappa shape index (κ1) is 12.1. The van der Waals surface area contributed by atoms with Crippen molar-refractivity contribution < 1.29 is 5.11 Å². The Hall–Kier alpha value is -1.38. The second kappa shape index (κ2) is 5.80. The van der Waals surface area contributed by atoms with Gasteiger partial charge in [-0.05, 0) is 29.3 Å². The van der Waals surface area contributed by atoms with Gasteiger partial charge in [-0.25, -0.2) is 0 Å². The summed E-state index contributed by atoms with van der Waals surface area (Å²) in [5.41, 5.74) is 1.18. The Balaban J connectivity index is 2.38. The lowest BCUT2D eigenvalue weighted by molar-refractivity contribution is 0.245. The lowest BCUT2D eigenvalue weighted by Crippen LogP contribution is -2.25. The van der Waals surface area contributed by atoms with E-state index in [0.29, 0.717) is 0 Å². The molecule has 1 atom stereocenters. The van der Waals surface area contributed by atoms with Crippen LogP contribution in [0.4, 0.5) is 0 Å². The molecular formula is C15H19NO. The minimum Gasteiger partial charge on any atom is -0.394 e. The molecule has 0 aliphatic carbocycles. The summed E-state index contributed by atoms with van der Waals surface area (Å²) < 4.78 is 0. The van der Waals surface area contributed by atoms with E-state index in [4.69, 9.17) is 0 Å². The molecule has 2 heteroatoms. The van der Waals surface area contributed by atoms with Gasteiger partial charge in [0.05, 0.1) is 12.6 Å². The predicted molar refractivity (Wildman–Crippen MR) is 72.1 cm³/mol. The summed E-state index contributed by atoms with van der Waals surface area (Å²) in [5.74, 6) is 0. The highest BCUT2D eigenvalue weighted by molar-refractivity contribution is 5.86. The monoisotopic (exact) mass is 229 g/mol. The molecule has 2 aromatic carbocycles. The highest BCUT2D eigenvalue weighted by Gasteiger charge is 2.11. The van der Waals surface area contributed by atoms with Crippen LogP contribution >= 0.6 is 0 Å². The van der Waals surface area contributed by atoms with Gasteiger partial charge in [-0.3, -0.25) is 0 Å². The molecule has 0 aliphatic heterocycles. The molecule has 1 unspecified atom stereocenters. The van der Waals surface area contributed by atoms with Gasteiger partial charge >= 0.3 is 0 Å². The summed E-state index contributed by atoms with van der Waals surface area (Å²) in [5, 5.41) is 15.3. The van der Waals surface area contributed by atoms with Gasteiger partial charge < -0.3 is 10.4 Å². The van der Waals surface area contributed by atoms with Crippen molar-refractivity contribution >= 4 is 10.8 Å². The summed E-state index contributed by atoms with van der Waals surface area (Å²) in [7, 11) is 0. The zero-order valence-corrected chi connectivity index (χ0v) is 10.2. The van der Waals surface area contributed by atoms with Crippen LogP contribution in [0, 0.1) is 0 Å². The Morgan fingerprint density at radius 2 is 1.88 bits per heavy atom. The van der Waals surface area contributed by atoms with Crippen molar-refractivity contribution in [3.8, 4) is 0 Å². The van der Waals surface area contributed by atoms with Crippen LogP contribution in [0.3, 0.4) is 0 Å². The Morgan fingerprint density at radius 1 is 1.12 bits per heavy atom. The summed E-state index contributed by atoms with van der Waals surface area (Å²) in [6.07, 6.45) is 1.07. The average Bonchev–Trinajstić information content (AvgIpc) is 2.40. The fourth-order valence-electron chi connectivity index (χ4n) is 2.15. The van der Waals surface area contributed by atoms with Gasteiger partial charge in [0.2, 0.25) is 0 Å². The third kappa shape index (κ3) is 2.65. The molecule has 0 bridgehead atoms. The van der Waals surface area contributed by atoms with Crippen molar-refractivity contribution in [3.05, 3.63) is 48.0 Å². The largest absolute Gasteiger partial charge is 0.394 e. The van der Waals surface area contributed by atoms with E-state index in [1.807, 2.05) is 18.2 Å². The highest BCUT2D eigenvalue weighted by atomic mass is 16.3. The second-order valence-electron chi connectivity index (χ2n) is 4.26. The molecule has 0 heterocycles. The maximum absolute atomic E-state index is 9.50. The zero-order chi connectivity index (χ0) is 12.1. The van der Waals surface area contributed by atoms with E-state index in [0.717, 1.165) is 13.0 Å². The van der Waals surface area contributed by atoms with Crippen molar-refractivity contribution in [3.63, 3.8) is 0 Å². The number of benzene rings is 2. The van der Waals surface area contributed by atoms with Crippen LogP contribution in [0.25, 0.3) is 10.8 Å². The molecule has 0 aliphatic rings. The highest BCUT2D eigenvalue weighted by Crippen LogP contribution is 2.23. The maximum atomic E-state index is 9.50. The average molecular weight is 229 g/mol. The summed E-state index contributed by atoms with van der Waals surface area (Å²) in [6, 6.07) is 14.6. The molecule has 0 saturated heterocycles. The van der Waals surface area contributed by atoms with Crippen LogP contribution in [-0.4, -0.2) is 18.3 Å². The van der Waals surface area contributed by atoms with E-state index in [9.17, 15) is 5.11 Å². The quantitative estimate of drug-likeness (QED) is 0.826. The van der Waals surface area contributed by atoms with E-state index in [2.05, 4.69) is 36.5 Å². The molecule has 2 aromatic rings. The first-order valence-corrected chi connectivity index (χ1v) is 6.18. The third-order valence-corrected chi connectivity index (χ3v) is 3.02. The number of hydrogen-bond donors (Lipinski definition) is 2. The van der Waals surface area contributed by atoms with Gasteiger partial charge in [-0.15, -0.1) is 0 Å². The molecule has 2 rings (SSSR count). The standard InChI is InChI=1S/C15H19NO/c1-2-10-16-15(11-17)14-9-5-7-12-6-3-4-8-13(12)14/h3-9,15-17H,2,10-11H2,1H3. The van der Waals surface area contributed by atoms with Crippen LogP contribution < -0.4 is 5.32 Å². The summed E-state index contributed by atoms with van der Waals surface area (Å²) in [6.45, 7) is 3.19. The Kier molecular flexibility index (Phi) is 4.13. The molecular weight excluding hydrogens is 210 g/mol. The molecule has 0 fully saturated rings. The van der Waals surface area contributed by atoms with E-state index in [1.165, 1.54) is 16.3 Å². The SMILES string of the molecule is CCCNC(CO)c1cccc2ccccc12. The molecule has 90 valence electrons. The van der Waals surface area contributed by atoms with Gasteiger partial charge in [0.25, 0.3) is 0 Å². The number of aliphatic hydroxyl groups is 1. The van der Waals surface area contributed by atoms with Crippen molar-refractivity contribution in [2.45, 2.75) is 19.4 Å². The number of aliphatic hydroxyl groups excluding tert-OH is 1. The second-order valence-corrected chi connectivity index (χ2v) is 4.26. The maximum Gasteiger partial charge on any atom is 0.0626 e. The first-order valence-electron chi connectivity index (χ1n) is 6.18. The predicted octanol–water partition coefficient (Wildman–Crippen LogP) is 2.87. The summed E-state index contributed by atoms with van der Waals surface area (Å²) in [4.78, 5) is 0. The van der Waals surface area contributed by atoms with Crippen molar-refractivity contribution in [2.24, 2.45) is 0 Å². The normalized spacial score (nSPS) is 12.8. The van der Waals surface area contributed by atoms with Crippen LogP contribution in [-0.2, 0) is 0 Å². The number of hydrogen-bond acceptors (Lipinski definition) is 2. The molecule has 17 heavy (non-hydrogen) atoms. The fraction of sp³-hybridized carbons (Fsp3) is 0.333. The van der Waals surface area contributed by atoms with Crippen LogP contribution in [0.2, 0.25) is 0 Å². The Labute approximate surface area is 102 Å². The van der Waals surface area contributed by atoms with Gasteiger partial charge in [0.15, 0.2) is 0 Å². The van der Waals surface area contributed by atoms with Gasteiger partial charge in [0, 0.05) is 0 Å². The molecule has 0 saturated carbocycles. The molecule has 0 aromatic heterocycles. The first-order chi connectivity index (χ1) is 8.36. The van der Waals surface area contributed by atoms with Crippen molar-refractivity contribution in [1.82, 2.24) is 5.32 Å². The minimum absolute atomic E-state index is 0.0287. The van der Waals surface area contributed by atoms with Gasteiger partial charge in [-0.1, -0.05) is 49.4 Å². The van der Waals surface area contributed by atoms with Gasteiger partial charge in [0.1, 0.15) is 0 Å². The number of rotatable bonds is 5. The van der Waals surface area contributed by atoms with Crippen molar-refractivity contribution in [2.75, 3.05) is 13.2 Å². The number of fused-ring (bicyclic) bond motifs is 1. The topological polar surface area (TPSA) is 32.3 Å². The summed E-state index contributed by atoms with van der Waals surface area (Å²) >= 11 is 0. The Bertz CT molecular complexity index is 476. The van der Waals surface area contributed by atoms with E-state index < -0.39 is 0 Å². The lowest BCUT2D eigenvalue weighted by Gasteiger charge is -2.18. The van der Waals surface area contributed by atoms with Crippen LogP contribution in [0.15, 0.2) is 42.5 Å².